The molecule has 2 heterocycles. The minimum atomic E-state index is -0.692. The molecule has 0 radical (unpaired) electrons. The van der Waals surface area contributed by atoms with Crippen LogP contribution in [-0.2, 0) is 14.9 Å². The van der Waals surface area contributed by atoms with Crippen molar-refractivity contribution in [3.63, 3.8) is 0 Å². The van der Waals surface area contributed by atoms with Crippen LogP contribution in [0.2, 0.25) is 0 Å². The Labute approximate surface area is 139 Å². The molecule has 1 saturated heterocycles. The molecule has 0 unspecified atom stereocenters. The highest BCUT2D eigenvalue weighted by Crippen LogP contribution is 2.33. The average molecular weight is 322 g/mol. The third-order valence-corrected chi connectivity index (χ3v) is 4.54. The molecular weight excluding hydrogens is 304 g/mol. The molecule has 4 nitrogen and oxygen atoms in total. The highest BCUT2D eigenvalue weighted by Gasteiger charge is 2.35. The maximum absolute atomic E-state index is 12.6. The van der Waals surface area contributed by atoms with Crippen molar-refractivity contribution in [2.75, 3.05) is 13.2 Å². The number of benzene rings is 2. The summed E-state index contributed by atoms with van der Waals surface area (Å²) in [5, 5.41) is 0.540. The Morgan fingerprint density at radius 2 is 1.62 bits per heavy atom. The maximum Gasteiger partial charge on any atom is 0.200 e. The molecular formula is C20H18O4. The number of ether oxygens (including phenoxy) is 2. The van der Waals surface area contributed by atoms with Gasteiger partial charge in [0, 0.05) is 5.41 Å². The van der Waals surface area contributed by atoms with Crippen molar-refractivity contribution >= 4 is 11.0 Å². The van der Waals surface area contributed by atoms with E-state index in [0.29, 0.717) is 29.7 Å². The summed E-state index contributed by atoms with van der Waals surface area (Å²) in [5.41, 5.74) is 1.80. The van der Waals surface area contributed by atoms with E-state index in [1.165, 1.54) is 6.26 Å². The highest BCUT2D eigenvalue weighted by atomic mass is 16.7. The first-order valence-electron chi connectivity index (χ1n) is 7.97. The lowest BCUT2D eigenvalue weighted by Gasteiger charge is -2.37. The van der Waals surface area contributed by atoms with Crippen LogP contribution < -0.4 is 5.43 Å². The topological polar surface area (TPSA) is 48.7 Å². The molecule has 0 saturated carbocycles. The van der Waals surface area contributed by atoms with E-state index in [9.17, 15) is 4.79 Å². The SMILES string of the molecule is CC1(c2ccccc2)COC(c2coc3ccccc3c2=O)OC1. The molecule has 1 fully saturated rings. The summed E-state index contributed by atoms with van der Waals surface area (Å²) in [5.74, 6) is 0. The Morgan fingerprint density at radius 1 is 0.958 bits per heavy atom. The smallest absolute Gasteiger partial charge is 0.200 e. The molecule has 1 aromatic heterocycles. The van der Waals surface area contributed by atoms with Crippen LogP contribution in [0.15, 0.2) is 70.1 Å². The Bertz CT molecular complexity index is 906. The third-order valence-electron chi connectivity index (χ3n) is 4.54. The second-order valence-electron chi connectivity index (χ2n) is 6.40. The molecule has 0 spiro atoms. The van der Waals surface area contributed by atoms with Gasteiger partial charge >= 0.3 is 0 Å². The average Bonchev–Trinajstić information content (AvgIpc) is 2.64. The van der Waals surface area contributed by atoms with Gasteiger partial charge in [0.1, 0.15) is 11.8 Å². The van der Waals surface area contributed by atoms with Crippen LogP contribution >= 0.6 is 0 Å². The number of rotatable bonds is 2. The Morgan fingerprint density at radius 3 is 2.38 bits per heavy atom. The van der Waals surface area contributed by atoms with Crippen molar-refractivity contribution in [2.24, 2.45) is 0 Å². The predicted octanol–water partition coefficient (Wildman–Crippen LogP) is 3.80. The van der Waals surface area contributed by atoms with Crippen molar-refractivity contribution in [3.05, 3.63) is 82.2 Å². The van der Waals surface area contributed by atoms with Crippen LogP contribution in [0.25, 0.3) is 11.0 Å². The highest BCUT2D eigenvalue weighted by molar-refractivity contribution is 5.76. The second kappa shape index (κ2) is 5.89. The van der Waals surface area contributed by atoms with E-state index in [1.807, 2.05) is 30.3 Å². The van der Waals surface area contributed by atoms with Gasteiger partial charge in [-0.15, -0.1) is 0 Å². The van der Waals surface area contributed by atoms with Crippen molar-refractivity contribution in [1.29, 1.82) is 0 Å². The van der Waals surface area contributed by atoms with Crippen molar-refractivity contribution in [2.45, 2.75) is 18.6 Å². The van der Waals surface area contributed by atoms with Gasteiger partial charge in [-0.1, -0.05) is 49.4 Å². The minimum Gasteiger partial charge on any atom is -0.464 e. The molecule has 0 atom stereocenters. The van der Waals surface area contributed by atoms with E-state index < -0.39 is 6.29 Å². The fraction of sp³-hybridized carbons (Fsp3) is 0.250. The molecule has 0 amide bonds. The van der Waals surface area contributed by atoms with Gasteiger partial charge in [-0.05, 0) is 17.7 Å². The largest absolute Gasteiger partial charge is 0.464 e. The van der Waals surface area contributed by atoms with E-state index in [4.69, 9.17) is 13.9 Å². The summed E-state index contributed by atoms with van der Waals surface area (Å²) in [6, 6.07) is 17.3. The fourth-order valence-corrected chi connectivity index (χ4v) is 3.05. The normalized spacial score (nSPS) is 24.1. The molecule has 0 aliphatic carbocycles. The lowest BCUT2D eigenvalue weighted by atomic mass is 9.83. The molecule has 122 valence electrons. The van der Waals surface area contributed by atoms with Crippen LogP contribution in [0.4, 0.5) is 0 Å². The summed E-state index contributed by atoms with van der Waals surface area (Å²) in [4.78, 5) is 12.6. The molecule has 3 aromatic rings. The molecule has 1 aliphatic heterocycles. The summed E-state index contributed by atoms with van der Waals surface area (Å²) in [6.07, 6.45) is 0.753. The van der Waals surface area contributed by atoms with Crippen LogP contribution in [0.1, 0.15) is 24.3 Å². The first-order chi connectivity index (χ1) is 11.7. The summed E-state index contributed by atoms with van der Waals surface area (Å²) < 4.78 is 17.3. The van der Waals surface area contributed by atoms with Gasteiger partial charge < -0.3 is 13.9 Å². The second-order valence-corrected chi connectivity index (χ2v) is 6.40. The van der Waals surface area contributed by atoms with Crippen molar-refractivity contribution in [1.82, 2.24) is 0 Å². The molecule has 1 aliphatic rings. The number of hydrogen-bond acceptors (Lipinski definition) is 4. The zero-order valence-electron chi connectivity index (χ0n) is 13.4. The monoisotopic (exact) mass is 322 g/mol. The van der Waals surface area contributed by atoms with Crippen LogP contribution in [0, 0.1) is 0 Å². The van der Waals surface area contributed by atoms with E-state index in [-0.39, 0.29) is 10.8 Å². The van der Waals surface area contributed by atoms with Crippen molar-refractivity contribution in [3.8, 4) is 0 Å². The Balaban J connectivity index is 1.61. The molecule has 4 heteroatoms. The van der Waals surface area contributed by atoms with Crippen LogP contribution in [0.3, 0.4) is 0 Å². The molecule has 24 heavy (non-hydrogen) atoms. The molecule has 0 N–H and O–H groups in total. The van der Waals surface area contributed by atoms with Gasteiger partial charge in [0.05, 0.1) is 24.2 Å². The Kier molecular flexibility index (Phi) is 3.71. The molecule has 4 rings (SSSR count). The van der Waals surface area contributed by atoms with E-state index >= 15 is 0 Å². The lowest BCUT2D eigenvalue weighted by Crippen LogP contribution is -2.40. The van der Waals surface area contributed by atoms with Gasteiger partial charge in [0.25, 0.3) is 0 Å². The van der Waals surface area contributed by atoms with Gasteiger partial charge in [0.15, 0.2) is 6.29 Å². The zero-order valence-corrected chi connectivity index (χ0v) is 13.4. The third kappa shape index (κ3) is 2.54. The first-order valence-corrected chi connectivity index (χ1v) is 7.97. The standard InChI is InChI=1S/C20H18O4/c1-20(14-7-3-2-4-8-14)12-23-19(24-13-20)16-11-22-17-10-6-5-9-15(17)18(16)21/h2-11,19H,12-13H2,1H3. The van der Waals surface area contributed by atoms with Crippen LogP contribution in [-0.4, -0.2) is 13.2 Å². The Hall–Kier alpha value is -2.43. The zero-order chi connectivity index (χ0) is 16.6. The van der Waals surface area contributed by atoms with Gasteiger partial charge in [-0.25, -0.2) is 0 Å². The van der Waals surface area contributed by atoms with E-state index in [2.05, 4.69) is 19.1 Å². The fourth-order valence-electron chi connectivity index (χ4n) is 3.05. The summed E-state index contributed by atoms with van der Waals surface area (Å²) in [6.45, 7) is 3.06. The van der Waals surface area contributed by atoms with Gasteiger partial charge in [0.2, 0.25) is 5.43 Å². The van der Waals surface area contributed by atoms with Gasteiger partial charge in [-0.2, -0.15) is 0 Å². The minimum absolute atomic E-state index is 0.106. The van der Waals surface area contributed by atoms with Crippen LogP contribution in [0.5, 0.6) is 0 Å². The van der Waals surface area contributed by atoms with E-state index in [0.717, 1.165) is 5.56 Å². The number of fused-ring (bicyclic) bond motifs is 1. The number of para-hydroxylation sites is 1. The van der Waals surface area contributed by atoms with Crippen molar-refractivity contribution < 1.29 is 13.9 Å². The quantitative estimate of drug-likeness (QED) is 0.720. The van der Waals surface area contributed by atoms with E-state index in [1.54, 1.807) is 12.1 Å². The maximum atomic E-state index is 12.6. The first kappa shape index (κ1) is 15.1. The van der Waals surface area contributed by atoms with Gasteiger partial charge in [-0.3, -0.25) is 4.79 Å². The molecule has 2 aromatic carbocycles. The lowest BCUT2D eigenvalue weighted by molar-refractivity contribution is -0.212. The molecule has 0 bridgehead atoms. The summed E-state index contributed by atoms with van der Waals surface area (Å²) in [7, 11) is 0. The summed E-state index contributed by atoms with van der Waals surface area (Å²) >= 11 is 0. The number of hydrogen-bond donors (Lipinski definition) is 0. The predicted molar refractivity (Wildman–Crippen MR) is 90.9 cm³/mol.